The van der Waals surface area contributed by atoms with E-state index in [1.807, 2.05) is 53.6 Å². The second-order valence-electron chi connectivity index (χ2n) is 6.36. The van der Waals surface area contributed by atoms with Crippen LogP contribution in [0.4, 0.5) is 0 Å². The molecule has 2 aromatic rings. The summed E-state index contributed by atoms with van der Waals surface area (Å²) in [6.07, 6.45) is 1.16. The summed E-state index contributed by atoms with van der Waals surface area (Å²) in [5.41, 5.74) is 1.24. The first-order valence-electron chi connectivity index (χ1n) is 8.37. The van der Waals surface area contributed by atoms with E-state index in [0.717, 1.165) is 19.4 Å². The average molecular weight is 321 g/mol. The fourth-order valence-corrected chi connectivity index (χ4v) is 3.75. The molecule has 0 radical (unpaired) electrons. The Balaban J connectivity index is 1.68. The smallest absolute Gasteiger partial charge is 0.194 e. The Kier molecular flexibility index (Phi) is 4.00. The van der Waals surface area contributed by atoms with Crippen LogP contribution in [0.2, 0.25) is 0 Å². The molecule has 0 unspecified atom stereocenters. The van der Waals surface area contributed by atoms with Crippen LogP contribution in [-0.4, -0.2) is 35.3 Å². The van der Waals surface area contributed by atoms with E-state index < -0.39 is 12.0 Å². The first kappa shape index (κ1) is 15.2. The van der Waals surface area contributed by atoms with Crippen molar-refractivity contribution in [3.05, 3.63) is 71.8 Å². The van der Waals surface area contributed by atoms with Gasteiger partial charge in [-0.3, -0.25) is 14.4 Å². The highest BCUT2D eigenvalue weighted by molar-refractivity contribution is 6.06. The van der Waals surface area contributed by atoms with Crippen LogP contribution in [0.3, 0.4) is 0 Å². The number of benzene rings is 2. The Hall–Kier alpha value is -2.30. The van der Waals surface area contributed by atoms with Crippen molar-refractivity contribution >= 4 is 11.6 Å². The van der Waals surface area contributed by atoms with Crippen LogP contribution in [0.15, 0.2) is 60.7 Å². The summed E-state index contributed by atoms with van der Waals surface area (Å²) < 4.78 is 0. The van der Waals surface area contributed by atoms with Crippen LogP contribution in [0.5, 0.6) is 0 Å². The maximum Gasteiger partial charge on any atom is 0.194 e. The van der Waals surface area contributed by atoms with E-state index in [9.17, 15) is 9.59 Å². The van der Waals surface area contributed by atoms with Crippen molar-refractivity contribution in [3.8, 4) is 0 Å². The van der Waals surface area contributed by atoms with Crippen molar-refractivity contribution < 1.29 is 14.4 Å². The molecule has 0 spiro atoms. The minimum absolute atomic E-state index is 0.000666. The van der Waals surface area contributed by atoms with Crippen molar-refractivity contribution in [1.82, 2.24) is 5.06 Å². The molecular formula is C20H19NO3. The Bertz CT molecular complexity index is 744. The summed E-state index contributed by atoms with van der Waals surface area (Å²) in [4.78, 5) is 31.9. The first-order chi connectivity index (χ1) is 11.8. The number of ketones is 2. The molecule has 0 bridgehead atoms. The van der Waals surface area contributed by atoms with Gasteiger partial charge in [-0.2, -0.15) is 5.06 Å². The highest BCUT2D eigenvalue weighted by atomic mass is 16.7. The third-order valence-electron chi connectivity index (χ3n) is 4.92. The number of rotatable bonds is 4. The van der Waals surface area contributed by atoms with Gasteiger partial charge in [-0.05, 0) is 12.8 Å². The van der Waals surface area contributed by atoms with E-state index in [-0.39, 0.29) is 17.6 Å². The summed E-state index contributed by atoms with van der Waals surface area (Å²) in [5, 5.41) is 1.84. The lowest BCUT2D eigenvalue weighted by atomic mass is 9.83. The molecule has 0 aliphatic carbocycles. The molecule has 4 nitrogen and oxygen atoms in total. The molecule has 0 aromatic heterocycles. The second-order valence-corrected chi connectivity index (χ2v) is 6.36. The van der Waals surface area contributed by atoms with Crippen molar-refractivity contribution in [2.45, 2.75) is 25.0 Å². The number of hydrogen-bond acceptors (Lipinski definition) is 4. The van der Waals surface area contributed by atoms with Gasteiger partial charge in [-0.25, -0.2) is 0 Å². The highest BCUT2D eigenvalue weighted by Crippen LogP contribution is 2.38. The molecule has 2 saturated heterocycles. The van der Waals surface area contributed by atoms with E-state index >= 15 is 0 Å². The SMILES string of the molecule is O=C(c1ccccc1)[C@@H]1[C@H](C(=O)c2ccccc2)ON2CCC[C@@H]12. The number of hydroxylamine groups is 2. The predicted octanol–water partition coefficient (Wildman–Crippen LogP) is 3.15. The van der Waals surface area contributed by atoms with Gasteiger partial charge in [0.15, 0.2) is 17.7 Å². The fourth-order valence-electron chi connectivity index (χ4n) is 3.75. The lowest BCUT2D eigenvalue weighted by Crippen LogP contribution is -2.37. The molecular weight excluding hydrogens is 302 g/mol. The minimum Gasteiger partial charge on any atom is -0.294 e. The molecule has 0 saturated carbocycles. The molecule has 0 N–H and O–H groups in total. The van der Waals surface area contributed by atoms with Crippen LogP contribution in [-0.2, 0) is 4.84 Å². The summed E-state index contributed by atoms with van der Waals surface area (Å²) >= 11 is 0. The summed E-state index contributed by atoms with van der Waals surface area (Å²) in [6, 6.07) is 18.3. The molecule has 2 aliphatic rings. The van der Waals surface area contributed by atoms with E-state index in [2.05, 4.69) is 0 Å². The molecule has 3 atom stereocenters. The van der Waals surface area contributed by atoms with Gasteiger partial charge in [0.2, 0.25) is 0 Å². The number of fused-ring (bicyclic) bond motifs is 1. The van der Waals surface area contributed by atoms with Crippen molar-refractivity contribution in [3.63, 3.8) is 0 Å². The first-order valence-corrected chi connectivity index (χ1v) is 8.37. The van der Waals surface area contributed by atoms with Crippen LogP contribution in [0.1, 0.15) is 33.6 Å². The molecule has 4 heteroatoms. The molecule has 2 aromatic carbocycles. The molecule has 0 amide bonds. The molecule has 4 rings (SSSR count). The monoisotopic (exact) mass is 321 g/mol. The van der Waals surface area contributed by atoms with Gasteiger partial charge in [-0.1, -0.05) is 60.7 Å². The van der Waals surface area contributed by atoms with Crippen molar-refractivity contribution in [2.24, 2.45) is 5.92 Å². The zero-order valence-electron chi connectivity index (χ0n) is 13.3. The van der Waals surface area contributed by atoms with Crippen LogP contribution >= 0.6 is 0 Å². The number of carbonyl (C=O) groups excluding carboxylic acids is 2. The Morgan fingerprint density at radius 3 is 2.08 bits per heavy atom. The van der Waals surface area contributed by atoms with E-state index in [4.69, 9.17) is 4.84 Å². The Morgan fingerprint density at radius 2 is 1.46 bits per heavy atom. The quantitative estimate of drug-likeness (QED) is 0.812. The highest BCUT2D eigenvalue weighted by Gasteiger charge is 2.52. The zero-order valence-corrected chi connectivity index (χ0v) is 13.3. The topological polar surface area (TPSA) is 46.6 Å². The molecule has 2 heterocycles. The van der Waals surface area contributed by atoms with Gasteiger partial charge in [0.1, 0.15) is 0 Å². The van der Waals surface area contributed by atoms with Gasteiger partial charge in [0.25, 0.3) is 0 Å². The lowest BCUT2D eigenvalue weighted by molar-refractivity contribution is -0.135. The molecule has 2 fully saturated rings. The molecule has 122 valence electrons. The number of hydrogen-bond donors (Lipinski definition) is 0. The maximum absolute atomic E-state index is 13.1. The van der Waals surface area contributed by atoms with E-state index in [0.29, 0.717) is 11.1 Å². The normalized spacial score (nSPS) is 26.2. The fraction of sp³-hybridized carbons (Fsp3) is 0.300. The largest absolute Gasteiger partial charge is 0.294 e. The van der Waals surface area contributed by atoms with Gasteiger partial charge < -0.3 is 0 Å². The standard InChI is InChI=1S/C20H19NO3/c22-18(14-8-3-1-4-9-14)17-16-12-7-13-21(16)24-20(17)19(23)15-10-5-2-6-11-15/h1-6,8-11,16-17,20H,7,12-13H2/t16-,17+,20+/m0/s1. The van der Waals surface area contributed by atoms with Gasteiger partial charge >= 0.3 is 0 Å². The molecule has 24 heavy (non-hydrogen) atoms. The summed E-state index contributed by atoms with van der Waals surface area (Å²) in [7, 11) is 0. The van der Waals surface area contributed by atoms with Crippen LogP contribution in [0, 0.1) is 5.92 Å². The minimum atomic E-state index is -0.731. The summed E-state index contributed by atoms with van der Waals surface area (Å²) in [5.74, 6) is -0.554. The Labute approximate surface area is 141 Å². The van der Waals surface area contributed by atoms with Gasteiger partial charge in [-0.15, -0.1) is 0 Å². The predicted molar refractivity (Wildman–Crippen MR) is 89.6 cm³/mol. The van der Waals surface area contributed by atoms with Crippen LogP contribution in [0.25, 0.3) is 0 Å². The second kappa shape index (κ2) is 6.30. The number of Topliss-reactive ketones (excluding diaryl/α,β-unsaturated/α-hetero) is 2. The van der Waals surface area contributed by atoms with E-state index in [1.54, 1.807) is 12.1 Å². The zero-order chi connectivity index (χ0) is 16.5. The average Bonchev–Trinajstić information content (AvgIpc) is 3.23. The lowest BCUT2D eigenvalue weighted by Gasteiger charge is -2.19. The number of nitrogens with zero attached hydrogens (tertiary/aromatic N) is 1. The summed E-state index contributed by atoms with van der Waals surface area (Å²) in [6.45, 7) is 0.780. The molecule has 2 aliphatic heterocycles. The van der Waals surface area contributed by atoms with Crippen molar-refractivity contribution in [2.75, 3.05) is 6.54 Å². The Morgan fingerprint density at radius 1 is 0.875 bits per heavy atom. The van der Waals surface area contributed by atoms with Crippen LogP contribution < -0.4 is 0 Å². The van der Waals surface area contributed by atoms with Gasteiger partial charge in [0.05, 0.1) is 5.92 Å². The number of carbonyl (C=O) groups is 2. The third-order valence-corrected chi connectivity index (χ3v) is 4.92. The third kappa shape index (κ3) is 2.58. The van der Waals surface area contributed by atoms with E-state index in [1.165, 1.54) is 0 Å². The van der Waals surface area contributed by atoms with Gasteiger partial charge in [0, 0.05) is 23.7 Å². The van der Waals surface area contributed by atoms with Crippen molar-refractivity contribution in [1.29, 1.82) is 0 Å². The maximum atomic E-state index is 13.1.